The van der Waals surface area contributed by atoms with Crippen LogP contribution < -0.4 is 0 Å². The van der Waals surface area contributed by atoms with Crippen LogP contribution in [0.3, 0.4) is 0 Å². The molecule has 0 aliphatic carbocycles. The van der Waals surface area contributed by atoms with Gasteiger partial charge in [0.1, 0.15) is 11.5 Å². The second-order valence-corrected chi connectivity index (χ2v) is 6.11. The Morgan fingerprint density at radius 3 is 2.89 bits per heavy atom. The van der Waals surface area contributed by atoms with Gasteiger partial charge in [0.25, 0.3) is 0 Å². The van der Waals surface area contributed by atoms with Crippen molar-refractivity contribution < 1.29 is 0 Å². The van der Waals surface area contributed by atoms with E-state index in [2.05, 4.69) is 18.0 Å². The highest BCUT2D eigenvalue weighted by Crippen LogP contribution is 2.11. The van der Waals surface area contributed by atoms with Crippen LogP contribution in [0.1, 0.15) is 12.8 Å². The van der Waals surface area contributed by atoms with Crippen LogP contribution in [0.4, 0.5) is 0 Å². The Kier molecular flexibility index (Phi) is 3.91. The van der Waals surface area contributed by atoms with E-state index in [9.17, 15) is 0 Å². The molecule has 1 fully saturated rings. The first-order valence-electron chi connectivity index (χ1n) is 3.56. The van der Waals surface area contributed by atoms with Gasteiger partial charge in [-0.1, -0.05) is 0 Å². The molecule has 1 unspecified atom stereocenters. The Morgan fingerprint density at radius 2 is 2.00 bits per heavy atom. The first-order chi connectivity index (χ1) is 4.39. The first kappa shape index (κ1) is 7.80. The van der Waals surface area contributed by atoms with Crippen molar-refractivity contribution in [3.8, 4) is 0 Å². The summed E-state index contributed by atoms with van der Waals surface area (Å²) in [4.78, 5) is 0. The summed E-state index contributed by atoms with van der Waals surface area (Å²) in [6.07, 6.45) is 5.35. The third-order valence-corrected chi connectivity index (χ3v) is 4.82. The second-order valence-electron chi connectivity index (χ2n) is 2.51. The van der Waals surface area contributed by atoms with Gasteiger partial charge in [-0.3, -0.25) is 0 Å². The lowest BCUT2D eigenvalue weighted by Crippen LogP contribution is -2.14. The lowest BCUT2D eigenvalue weighted by molar-refractivity contribution is 0.900. The maximum Gasteiger partial charge on any atom is 0.116 e. The molecular weight excluding hydrogens is 148 g/mol. The summed E-state index contributed by atoms with van der Waals surface area (Å²) in [6, 6.07) is 0. The Bertz CT molecular complexity index is 65.3. The Hall–Kier alpha value is 0.700. The molecule has 1 rings (SSSR count). The zero-order valence-electron chi connectivity index (χ0n) is 6.06. The largest absolute Gasteiger partial charge is 0.157 e. The predicted octanol–water partition coefficient (Wildman–Crippen LogP) is 1.76. The number of thioether (sulfide) groups is 1. The minimum Gasteiger partial charge on any atom is -0.157 e. The molecule has 0 nitrogen and oxygen atoms in total. The van der Waals surface area contributed by atoms with Crippen LogP contribution in [0.15, 0.2) is 0 Å². The fourth-order valence-corrected chi connectivity index (χ4v) is 4.08. The molecule has 54 valence electrons. The zero-order chi connectivity index (χ0) is 6.53. The van der Waals surface area contributed by atoms with Crippen LogP contribution in [0.25, 0.3) is 0 Å². The molecule has 0 N–H and O–H groups in total. The van der Waals surface area contributed by atoms with Gasteiger partial charge >= 0.3 is 0 Å². The van der Waals surface area contributed by atoms with Crippen LogP contribution in [-0.2, 0) is 10.9 Å². The molecule has 0 aromatic rings. The fourth-order valence-electron chi connectivity index (χ4n) is 0.958. The van der Waals surface area contributed by atoms with E-state index in [0.717, 1.165) is 10.9 Å². The normalized spacial score (nSPS) is 31.0. The molecule has 0 spiro atoms. The van der Waals surface area contributed by atoms with E-state index in [0.29, 0.717) is 0 Å². The van der Waals surface area contributed by atoms with Gasteiger partial charge in [-0.05, 0) is 29.5 Å². The molecule has 0 aromatic heterocycles. The molecule has 1 aliphatic heterocycles. The Labute approximate surface area is 65.1 Å². The summed E-state index contributed by atoms with van der Waals surface area (Å²) >= 11 is 2.14. The number of rotatable bonds is 0. The fraction of sp³-hybridized carbons (Fsp3) is 1.00. The molecular formula is C7H15S2+. The average Bonchev–Trinajstić information content (AvgIpc) is 1.79. The van der Waals surface area contributed by atoms with E-state index in [1.807, 2.05) is 0 Å². The third kappa shape index (κ3) is 3.41. The molecule has 9 heavy (non-hydrogen) atoms. The van der Waals surface area contributed by atoms with Crippen LogP contribution in [0.5, 0.6) is 0 Å². The summed E-state index contributed by atoms with van der Waals surface area (Å²) in [7, 11) is 0.760. The standard InChI is InChI=1S/C7H15S2/c1-9-6-3-2-4-8-5-7-9/h2-7H2,1H3/q+1. The maximum atomic E-state index is 2.41. The molecule has 1 atom stereocenters. The average molecular weight is 163 g/mol. The van der Waals surface area contributed by atoms with Gasteiger partial charge in [0, 0.05) is 5.75 Å². The molecule has 0 aromatic carbocycles. The van der Waals surface area contributed by atoms with E-state index >= 15 is 0 Å². The van der Waals surface area contributed by atoms with Crippen LogP contribution in [-0.4, -0.2) is 29.3 Å². The highest BCUT2D eigenvalue weighted by Gasteiger charge is 2.11. The Balaban J connectivity index is 2.12. The third-order valence-electron chi connectivity index (χ3n) is 1.61. The summed E-state index contributed by atoms with van der Waals surface area (Å²) < 4.78 is 0. The van der Waals surface area contributed by atoms with Gasteiger partial charge in [0.2, 0.25) is 0 Å². The van der Waals surface area contributed by atoms with Gasteiger partial charge in [0.05, 0.1) is 6.26 Å². The summed E-state index contributed by atoms with van der Waals surface area (Å²) in [6.45, 7) is 0. The van der Waals surface area contributed by atoms with Crippen molar-refractivity contribution in [2.45, 2.75) is 12.8 Å². The van der Waals surface area contributed by atoms with E-state index < -0.39 is 0 Å². The van der Waals surface area contributed by atoms with Crippen molar-refractivity contribution >= 4 is 22.7 Å². The van der Waals surface area contributed by atoms with Crippen molar-refractivity contribution in [1.82, 2.24) is 0 Å². The smallest absolute Gasteiger partial charge is 0.116 e. The molecule has 0 bridgehead atoms. The summed E-state index contributed by atoms with van der Waals surface area (Å²) in [5.74, 6) is 5.81. The lowest BCUT2D eigenvalue weighted by atomic mass is 10.4. The topological polar surface area (TPSA) is 0 Å². The maximum absolute atomic E-state index is 2.41. The quantitative estimate of drug-likeness (QED) is 0.490. The van der Waals surface area contributed by atoms with Crippen molar-refractivity contribution in [2.24, 2.45) is 0 Å². The zero-order valence-corrected chi connectivity index (χ0v) is 7.69. The molecule has 2 heteroatoms. The van der Waals surface area contributed by atoms with Crippen molar-refractivity contribution in [1.29, 1.82) is 0 Å². The highest BCUT2D eigenvalue weighted by atomic mass is 32.2. The molecule has 1 heterocycles. The van der Waals surface area contributed by atoms with Gasteiger partial charge in [0.15, 0.2) is 0 Å². The lowest BCUT2D eigenvalue weighted by Gasteiger charge is -2.07. The summed E-state index contributed by atoms with van der Waals surface area (Å²) in [5.41, 5.74) is 0. The minimum absolute atomic E-state index is 0.760. The van der Waals surface area contributed by atoms with Crippen molar-refractivity contribution in [3.63, 3.8) is 0 Å². The molecule has 1 saturated heterocycles. The number of hydrogen-bond acceptors (Lipinski definition) is 1. The van der Waals surface area contributed by atoms with E-state index in [-0.39, 0.29) is 0 Å². The molecule has 0 radical (unpaired) electrons. The summed E-state index contributed by atoms with van der Waals surface area (Å²) in [5, 5.41) is 0. The van der Waals surface area contributed by atoms with Gasteiger partial charge in [-0.15, -0.1) is 0 Å². The Morgan fingerprint density at radius 1 is 1.11 bits per heavy atom. The van der Waals surface area contributed by atoms with Crippen LogP contribution in [0, 0.1) is 0 Å². The van der Waals surface area contributed by atoms with Gasteiger partial charge in [-0.25, -0.2) is 0 Å². The monoisotopic (exact) mass is 163 g/mol. The van der Waals surface area contributed by atoms with Gasteiger partial charge < -0.3 is 0 Å². The molecule has 0 saturated carbocycles. The van der Waals surface area contributed by atoms with Crippen molar-refractivity contribution in [3.05, 3.63) is 0 Å². The van der Waals surface area contributed by atoms with Gasteiger partial charge in [-0.2, -0.15) is 11.8 Å². The highest BCUT2D eigenvalue weighted by molar-refractivity contribution is 8.01. The van der Waals surface area contributed by atoms with Crippen molar-refractivity contribution in [2.75, 3.05) is 29.3 Å². The number of hydrogen-bond donors (Lipinski definition) is 0. The molecule has 1 aliphatic rings. The predicted molar refractivity (Wildman–Crippen MR) is 49.6 cm³/mol. The minimum atomic E-state index is 0.760. The molecule has 0 amide bonds. The van der Waals surface area contributed by atoms with E-state index in [1.54, 1.807) is 0 Å². The van der Waals surface area contributed by atoms with Crippen LogP contribution in [0.2, 0.25) is 0 Å². The van der Waals surface area contributed by atoms with E-state index in [1.165, 1.54) is 35.9 Å². The second kappa shape index (κ2) is 4.51. The van der Waals surface area contributed by atoms with E-state index in [4.69, 9.17) is 0 Å². The SMILES string of the molecule is C[S+]1CCCCSCC1. The first-order valence-corrected chi connectivity index (χ1v) is 6.69. The van der Waals surface area contributed by atoms with Crippen LogP contribution >= 0.6 is 11.8 Å².